The maximum Gasteiger partial charge on any atom is 0.242 e. The summed E-state index contributed by atoms with van der Waals surface area (Å²) in [5.41, 5.74) is 1.09. The molecule has 1 amide bonds. The third-order valence-electron chi connectivity index (χ3n) is 4.83. The molecule has 1 saturated heterocycles. The van der Waals surface area contributed by atoms with Gasteiger partial charge >= 0.3 is 0 Å². The van der Waals surface area contributed by atoms with Gasteiger partial charge < -0.3 is 14.9 Å². The van der Waals surface area contributed by atoms with E-state index in [2.05, 4.69) is 6.92 Å². The summed E-state index contributed by atoms with van der Waals surface area (Å²) >= 11 is 0. The number of carbonyl (C=O) groups is 1. The first kappa shape index (κ1) is 15.8. The average Bonchev–Trinajstić information content (AvgIpc) is 2.55. The third-order valence-corrected chi connectivity index (χ3v) is 4.83. The van der Waals surface area contributed by atoms with Gasteiger partial charge in [0.15, 0.2) is 0 Å². The molecule has 0 spiro atoms. The van der Waals surface area contributed by atoms with E-state index in [1.54, 1.807) is 0 Å². The van der Waals surface area contributed by atoms with Crippen molar-refractivity contribution in [2.24, 2.45) is 5.41 Å². The Labute approximate surface area is 127 Å². The lowest BCUT2D eigenvalue weighted by molar-refractivity contribution is -0.132. The molecule has 0 aliphatic carbocycles. The molecular formula is C17H26N2O2. The van der Waals surface area contributed by atoms with Crippen LogP contribution in [0.2, 0.25) is 0 Å². The Morgan fingerprint density at radius 3 is 2.43 bits per heavy atom. The number of anilines is 1. The monoisotopic (exact) mass is 290 g/mol. The summed E-state index contributed by atoms with van der Waals surface area (Å²) in [6.45, 7) is 4.28. The van der Waals surface area contributed by atoms with Crippen LogP contribution in [0.5, 0.6) is 0 Å². The summed E-state index contributed by atoms with van der Waals surface area (Å²) in [5.74, 6) is 0.170. The van der Waals surface area contributed by atoms with Gasteiger partial charge in [-0.1, -0.05) is 25.1 Å². The number of aliphatic hydroxyl groups is 1. The van der Waals surface area contributed by atoms with Gasteiger partial charge in [0.25, 0.3) is 0 Å². The van der Waals surface area contributed by atoms with Crippen molar-refractivity contribution in [1.82, 2.24) is 4.90 Å². The molecule has 0 bridgehead atoms. The molecule has 116 valence electrons. The Kier molecular flexibility index (Phi) is 5.23. The number of nitrogens with zero attached hydrogens (tertiary/aromatic N) is 2. The quantitative estimate of drug-likeness (QED) is 0.903. The number of aliphatic hydroxyl groups excluding tert-OH is 1. The number of likely N-dealkylation sites (tertiary alicyclic amines) is 1. The van der Waals surface area contributed by atoms with Crippen molar-refractivity contribution in [3.8, 4) is 0 Å². The van der Waals surface area contributed by atoms with Gasteiger partial charge in [0, 0.05) is 32.4 Å². The number of para-hydroxylation sites is 1. The van der Waals surface area contributed by atoms with Crippen LogP contribution in [0.3, 0.4) is 0 Å². The number of carbonyl (C=O) groups excluding carboxylic acids is 1. The van der Waals surface area contributed by atoms with Crippen molar-refractivity contribution in [1.29, 1.82) is 0 Å². The highest BCUT2D eigenvalue weighted by Gasteiger charge is 2.33. The first-order chi connectivity index (χ1) is 10.1. The van der Waals surface area contributed by atoms with E-state index in [4.69, 9.17) is 0 Å². The third kappa shape index (κ3) is 3.76. The summed E-state index contributed by atoms with van der Waals surface area (Å²) in [6, 6.07) is 9.96. The highest BCUT2D eigenvalue weighted by Crippen LogP contribution is 2.34. The normalized spacial score (nSPS) is 17.6. The topological polar surface area (TPSA) is 43.8 Å². The molecule has 0 saturated carbocycles. The average molecular weight is 290 g/mol. The SMILES string of the molecule is CCC1(CO)CCN(C(=O)CN(C)c2ccccc2)CC1. The van der Waals surface area contributed by atoms with E-state index in [0.717, 1.165) is 38.0 Å². The van der Waals surface area contributed by atoms with E-state index in [0.29, 0.717) is 6.54 Å². The number of amides is 1. The second kappa shape index (κ2) is 6.94. The van der Waals surface area contributed by atoms with E-state index < -0.39 is 0 Å². The molecule has 0 radical (unpaired) electrons. The Morgan fingerprint density at radius 1 is 1.29 bits per heavy atom. The summed E-state index contributed by atoms with van der Waals surface area (Å²) in [6.07, 6.45) is 2.79. The van der Waals surface area contributed by atoms with Crippen LogP contribution < -0.4 is 4.90 Å². The van der Waals surface area contributed by atoms with E-state index in [-0.39, 0.29) is 17.9 Å². The molecule has 1 aromatic carbocycles. The van der Waals surface area contributed by atoms with Gasteiger partial charge in [-0.2, -0.15) is 0 Å². The fourth-order valence-electron chi connectivity index (χ4n) is 2.93. The van der Waals surface area contributed by atoms with Crippen molar-refractivity contribution >= 4 is 11.6 Å². The fraction of sp³-hybridized carbons (Fsp3) is 0.588. The van der Waals surface area contributed by atoms with Crippen LogP contribution in [0.1, 0.15) is 26.2 Å². The maximum absolute atomic E-state index is 12.4. The molecule has 0 unspecified atom stereocenters. The fourth-order valence-corrected chi connectivity index (χ4v) is 2.93. The van der Waals surface area contributed by atoms with Gasteiger partial charge in [0.2, 0.25) is 5.91 Å². The molecule has 1 aliphatic rings. The van der Waals surface area contributed by atoms with Crippen LogP contribution in [-0.2, 0) is 4.79 Å². The molecule has 1 aliphatic heterocycles. The molecule has 4 nitrogen and oxygen atoms in total. The van der Waals surface area contributed by atoms with Crippen LogP contribution in [0.25, 0.3) is 0 Å². The number of rotatable bonds is 5. The van der Waals surface area contributed by atoms with Crippen molar-refractivity contribution in [2.45, 2.75) is 26.2 Å². The number of benzene rings is 1. The lowest BCUT2D eigenvalue weighted by Gasteiger charge is -2.40. The Bertz CT molecular complexity index is 447. The van der Waals surface area contributed by atoms with Gasteiger partial charge in [0.05, 0.1) is 6.54 Å². The molecule has 1 aromatic rings. The van der Waals surface area contributed by atoms with Crippen molar-refractivity contribution in [2.75, 3.05) is 38.2 Å². The van der Waals surface area contributed by atoms with E-state index in [1.165, 1.54) is 0 Å². The lowest BCUT2D eigenvalue weighted by atomic mass is 9.77. The van der Waals surface area contributed by atoms with Crippen molar-refractivity contribution in [3.05, 3.63) is 30.3 Å². The number of likely N-dealkylation sites (N-methyl/N-ethyl adjacent to an activating group) is 1. The Balaban J connectivity index is 1.88. The van der Waals surface area contributed by atoms with Gasteiger partial charge in [-0.25, -0.2) is 0 Å². The minimum atomic E-state index is 0.0299. The second-order valence-electron chi connectivity index (χ2n) is 6.08. The van der Waals surface area contributed by atoms with Crippen molar-refractivity contribution in [3.63, 3.8) is 0 Å². The molecule has 0 atom stereocenters. The van der Waals surface area contributed by atoms with E-state index in [9.17, 15) is 9.90 Å². The maximum atomic E-state index is 12.4. The highest BCUT2D eigenvalue weighted by molar-refractivity contribution is 5.81. The first-order valence-electron chi connectivity index (χ1n) is 7.75. The molecule has 1 fully saturated rings. The van der Waals surface area contributed by atoms with Gasteiger partial charge in [-0.3, -0.25) is 4.79 Å². The molecule has 1 N–H and O–H groups in total. The Hall–Kier alpha value is -1.55. The molecule has 1 heterocycles. The zero-order valence-electron chi connectivity index (χ0n) is 13.1. The van der Waals surface area contributed by atoms with Gasteiger partial charge in [0.1, 0.15) is 0 Å². The number of hydrogen-bond acceptors (Lipinski definition) is 3. The second-order valence-corrected chi connectivity index (χ2v) is 6.08. The van der Waals surface area contributed by atoms with Gasteiger partial charge in [-0.15, -0.1) is 0 Å². The highest BCUT2D eigenvalue weighted by atomic mass is 16.3. The predicted molar refractivity (Wildman–Crippen MR) is 85.3 cm³/mol. The minimum absolute atomic E-state index is 0.0299. The molecular weight excluding hydrogens is 264 g/mol. The van der Waals surface area contributed by atoms with Crippen LogP contribution in [0.15, 0.2) is 30.3 Å². The zero-order chi connectivity index (χ0) is 15.3. The number of piperidine rings is 1. The smallest absolute Gasteiger partial charge is 0.242 e. The molecule has 0 aromatic heterocycles. The number of hydrogen-bond donors (Lipinski definition) is 1. The van der Waals surface area contributed by atoms with Crippen LogP contribution in [-0.4, -0.2) is 49.2 Å². The minimum Gasteiger partial charge on any atom is -0.396 e. The standard InChI is InChI=1S/C17H26N2O2/c1-3-17(14-20)9-11-19(12-10-17)16(21)13-18(2)15-7-5-4-6-8-15/h4-8,20H,3,9-14H2,1-2H3. The summed E-state index contributed by atoms with van der Waals surface area (Å²) in [4.78, 5) is 16.3. The van der Waals surface area contributed by atoms with Crippen molar-refractivity contribution < 1.29 is 9.90 Å². The molecule has 2 rings (SSSR count). The van der Waals surface area contributed by atoms with Crippen LogP contribution >= 0.6 is 0 Å². The van der Waals surface area contributed by atoms with E-state index >= 15 is 0 Å². The van der Waals surface area contributed by atoms with Gasteiger partial charge in [-0.05, 0) is 36.8 Å². The largest absolute Gasteiger partial charge is 0.396 e. The summed E-state index contributed by atoms with van der Waals surface area (Å²) in [5, 5.41) is 9.55. The summed E-state index contributed by atoms with van der Waals surface area (Å²) in [7, 11) is 1.95. The first-order valence-corrected chi connectivity index (χ1v) is 7.75. The predicted octanol–water partition coefficient (Wildman–Crippen LogP) is 2.13. The molecule has 21 heavy (non-hydrogen) atoms. The van der Waals surface area contributed by atoms with Crippen LogP contribution in [0, 0.1) is 5.41 Å². The zero-order valence-corrected chi connectivity index (χ0v) is 13.1. The Morgan fingerprint density at radius 2 is 1.90 bits per heavy atom. The van der Waals surface area contributed by atoms with E-state index in [1.807, 2.05) is 47.2 Å². The van der Waals surface area contributed by atoms with Crippen LogP contribution in [0.4, 0.5) is 5.69 Å². The lowest BCUT2D eigenvalue weighted by Crippen LogP contribution is -2.47. The summed E-state index contributed by atoms with van der Waals surface area (Å²) < 4.78 is 0. The molecule has 4 heteroatoms.